The first-order valence-electron chi connectivity index (χ1n) is 12.0. The zero-order valence-corrected chi connectivity index (χ0v) is 20.0. The van der Waals surface area contributed by atoms with Crippen LogP contribution in [0, 0.1) is 27.9 Å². The van der Waals surface area contributed by atoms with Crippen LogP contribution < -0.4 is 5.32 Å². The molecule has 4 saturated carbocycles. The number of aliphatic hydroxyl groups excluding tert-OH is 1. The van der Waals surface area contributed by atoms with E-state index in [1.54, 1.807) is 0 Å². The molecule has 35 heavy (non-hydrogen) atoms. The highest BCUT2D eigenvalue weighted by atomic mass is 32.2. The summed E-state index contributed by atoms with van der Waals surface area (Å²) in [7, 11) is -4.23. The summed E-state index contributed by atoms with van der Waals surface area (Å²) in [6, 6.07) is 2.99. The van der Waals surface area contributed by atoms with Crippen LogP contribution in [-0.4, -0.2) is 65.5 Å². The van der Waals surface area contributed by atoms with Crippen molar-refractivity contribution in [3.63, 3.8) is 0 Å². The number of hydrogen-bond donors (Lipinski definition) is 2. The number of nitro groups is 1. The SMILES string of the molecule is O=C(COC(=O)[C@@H]1CC(O)CN1S(=O)(=O)c1ccc([N+](=O)[O-])cc1)NC12CC3CC(CC(C3)C1)C2. The van der Waals surface area contributed by atoms with Crippen LogP contribution in [0.5, 0.6) is 0 Å². The number of non-ortho nitro benzene ring substituents is 1. The van der Waals surface area contributed by atoms with Gasteiger partial charge in [-0.1, -0.05) is 0 Å². The summed E-state index contributed by atoms with van der Waals surface area (Å²) in [5.74, 6) is 0.614. The van der Waals surface area contributed by atoms with Crippen molar-refractivity contribution >= 4 is 27.6 Å². The summed E-state index contributed by atoms with van der Waals surface area (Å²) in [6.45, 7) is -0.836. The minimum Gasteiger partial charge on any atom is -0.454 e. The van der Waals surface area contributed by atoms with Crippen LogP contribution in [-0.2, 0) is 24.3 Å². The number of benzene rings is 1. The predicted molar refractivity (Wildman–Crippen MR) is 121 cm³/mol. The van der Waals surface area contributed by atoms with Crippen molar-refractivity contribution in [3.05, 3.63) is 34.4 Å². The summed E-state index contributed by atoms with van der Waals surface area (Å²) in [5.41, 5.74) is -0.501. The minimum absolute atomic E-state index is 0.165. The normalized spacial score (nSPS) is 34.0. The van der Waals surface area contributed by atoms with E-state index < -0.39 is 45.6 Å². The molecule has 4 aliphatic carbocycles. The Kier molecular flexibility index (Phi) is 6.09. The van der Waals surface area contributed by atoms with Crippen LogP contribution in [0.2, 0.25) is 0 Å². The Hall–Kier alpha value is -2.57. The Labute approximate surface area is 203 Å². The van der Waals surface area contributed by atoms with Gasteiger partial charge in [0, 0.05) is 30.6 Å². The van der Waals surface area contributed by atoms with E-state index in [0.717, 1.165) is 47.8 Å². The molecule has 2 atom stereocenters. The lowest BCUT2D eigenvalue weighted by molar-refractivity contribution is -0.384. The summed E-state index contributed by atoms with van der Waals surface area (Å²) < 4.78 is 32.2. The third-order valence-electron chi connectivity index (χ3n) is 7.95. The summed E-state index contributed by atoms with van der Waals surface area (Å²) in [5, 5.41) is 24.0. The zero-order valence-electron chi connectivity index (χ0n) is 19.2. The first kappa shape index (κ1) is 24.1. The largest absolute Gasteiger partial charge is 0.454 e. The van der Waals surface area contributed by atoms with Gasteiger partial charge in [-0.25, -0.2) is 8.42 Å². The monoisotopic (exact) mass is 507 g/mol. The van der Waals surface area contributed by atoms with E-state index in [4.69, 9.17) is 4.74 Å². The van der Waals surface area contributed by atoms with E-state index in [9.17, 15) is 33.2 Å². The van der Waals surface area contributed by atoms with Crippen molar-refractivity contribution in [2.45, 2.75) is 67.5 Å². The molecule has 190 valence electrons. The zero-order chi connectivity index (χ0) is 25.0. The maximum atomic E-state index is 13.1. The van der Waals surface area contributed by atoms with Gasteiger partial charge in [0.2, 0.25) is 10.0 Å². The van der Waals surface area contributed by atoms with Gasteiger partial charge in [0.25, 0.3) is 11.6 Å². The number of nitrogens with zero attached hydrogens (tertiary/aromatic N) is 2. The maximum absolute atomic E-state index is 13.1. The number of nitrogens with one attached hydrogen (secondary N) is 1. The Bertz CT molecular complexity index is 1100. The Morgan fingerprint density at radius 3 is 2.20 bits per heavy atom. The van der Waals surface area contributed by atoms with Crippen LogP contribution in [0.1, 0.15) is 44.9 Å². The molecule has 0 radical (unpaired) electrons. The van der Waals surface area contributed by atoms with Crippen LogP contribution in [0.4, 0.5) is 5.69 Å². The fourth-order valence-corrected chi connectivity index (χ4v) is 8.59. The smallest absolute Gasteiger partial charge is 0.325 e. The van der Waals surface area contributed by atoms with Gasteiger partial charge in [0.1, 0.15) is 6.04 Å². The molecule has 5 fully saturated rings. The quantitative estimate of drug-likeness (QED) is 0.318. The molecule has 0 spiro atoms. The molecule has 1 heterocycles. The van der Waals surface area contributed by atoms with Crippen molar-refractivity contribution in [2.24, 2.45) is 17.8 Å². The molecule has 1 unspecified atom stereocenters. The predicted octanol–water partition coefficient (Wildman–Crippen LogP) is 1.35. The Morgan fingerprint density at radius 2 is 1.66 bits per heavy atom. The lowest BCUT2D eigenvalue weighted by atomic mass is 9.53. The standard InChI is InChI=1S/C23H29N3O8S/c27-18-8-20(25(12-18)35(32,33)19-3-1-17(2-4-19)26(30)31)22(29)34-13-21(28)24-23-9-14-5-15(10-23)7-16(6-14)11-23/h1-4,14-16,18,20,27H,5-13H2,(H,24,28)/t14?,15?,16?,18?,20-,23?/m0/s1. The second kappa shape index (κ2) is 8.82. The van der Waals surface area contributed by atoms with Crippen LogP contribution >= 0.6 is 0 Å². The van der Waals surface area contributed by atoms with E-state index in [0.29, 0.717) is 17.8 Å². The van der Waals surface area contributed by atoms with Gasteiger partial charge in [-0.3, -0.25) is 19.7 Å². The average molecular weight is 508 g/mol. The summed E-state index contributed by atoms with van der Waals surface area (Å²) in [4.78, 5) is 35.4. The molecule has 1 aromatic carbocycles. The number of sulfonamides is 1. The second-order valence-corrected chi connectivity index (χ2v) is 12.5. The highest BCUT2D eigenvalue weighted by Gasteiger charge is 2.51. The van der Waals surface area contributed by atoms with Crippen molar-refractivity contribution in [1.82, 2.24) is 9.62 Å². The number of aliphatic hydroxyl groups is 1. The van der Waals surface area contributed by atoms with Crippen LogP contribution in [0.25, 0.3) is 0 Å². The molecule has 1 saturated heterocycles. The van der Waals surface area contributed by atoms with Gasteiger partial charge in [-0.2, -0.15) is 4.31 Å². The van der Waals surface area contributed by atoms with Gasteiger partial charge < -0.3 is 15.2 Å². The van der Waals surface area contributed by atoms with Gasteiger partial charge in [-0.15, -0.1) is 0 Å². The van der Waals surface area contributed by atoms with Crippen LogP contribution in [0.15, 0.2) is 29.2 Å². The number of carbonyl (C=O) groups excluding carboxylic acids is 2. The lowest BCUT2D eigenvalue weighted by Crippen LogP contribution is -2.60. The third kappa shape index (κ3) is 4.66. The number of rotatable bonds is 7. The molecule has 1 aromatic rings. The number of esters is 1. The van der Waals surface area contributed by atoms with Gasteiger partial charge >= 0.3 is 5.97 Å². The molecule has 4 bridgehead atoms. The Morgan fingerprint density at radius 1 is 1.09 bits per heavy atom. The summed E-state index contributed by atoms with van der Waals surface area (Å²) in [6.07, 6.45) is 5.30. The van der Waals surface area contributed by atoms with Crippen molar-refractivity contribution in [2.75, 3.05) is 13.2 Å². The van der Waals surface area contributed by atoms with Crippen molar-refractivity contribution in [1.29, 1.82) is 0 Å². The molecular formula is C23H29N3O8S. The molecule has 5 aliphatic rings. The highest BCUT2D eigenvalue weighted by Crippen LogP contribution is 2.55. The first-order valence-corrected chi connectivity index (χ1v) is 13.4. The second-order valence-electron chi connectivity index (χ2n) is 10.6. The number of carbonyl (C=O) groups is 2. The molecule has 2 N–H and O–H groups in total. The lowest BCUT2D eigenvalue weighted by Gasteiger charge is -2.56. The first-order chi connectivity index (χ1) is 16.5. The fourth-order valence-electron chi connectivity index (χ4n) is 6.97. The molecule has 1 amide bonds. The van der Waals surface area contributed by atoms with Gasteiger partial charge in [0.15, 0.2) is 6.61 Å². The van der Waals surface area contributed by atoms with Gasteiger partial charge in [0.05, 0.1) is 15.9 Å². The number of amides is 1. The molecule has 0 aromatic heterocycles. The van der Waals surface area contributed by atoms with Gasteiger partial charge in [-0.05, 0) is 68.4 Å². The Balaban J connectivity index is 1.22. The highest BCUT2D eigenvalue weighted by molar-refractivity contribution is 7.89. The van der Waals surface area contributed by atoms with E-state index in [2.05, 4.69) is 5.32 Å². The van der Waals surface area contributed by atoms with Crippen molar-refractivity contribution < 1.29 is 32.8 Å². The summed E-state index contributed by atoms with van der Waals surface area (Å²) >= 11 is 0. The molecular weight excluding hydrogens is 478 g/mol. The van der Waals surface area contributed by atoms with Crippen LogP contribution in [0.3, 0.4) is 0 Å². The number of nitro benzene ring substituents is 1. The van der Waals surface area contributed by atoms with E-state index in [-0.39, 0.29) is 29.1 Å². The van der Waals surface area contributed by atoms with E-state index in [1.807, 2.05) is 0 Å². The number of ether oxygens (including phenoxy) is 1. The number of β-amino-alcohol motifs (C(OH)–C–C–N with tert-alkyl or cyclic N) is 1. The third-order valence-corrected chi connectivity index (χ3v) is 9.84. The van der Waals surface area contributed by atoms with E-state index >= 15 is 0 Å². The number of hydrogen-bond acceptors (Lipinski definition) is 8. The minimum atomic E-state index is -4.23. The molecule has 11 nitrogen and oxygen atoms in total. The fraction of sp³-hybridized carbons (Fsp3) is 0.652. The molecule has 6 rings (SSSR count). The topological polar surface area (TPSA) is 156 Å². The van der Waals surface area contributed by atoms with E-state index in [1.165, 1.54) is 19.3 Å². The average Bonchev–Trinajstić information content (AvgIpc) is 3.19. The molecule has 12 heteroatoms. The molecule has 1 aliphatic heterocycles. The van der Waals surface area contributed by atoms with Crippen molar-refractivity contribution in [3.8, 4) is 0 Å². The maximum Gasteiger partial charge on any atom is 0.325 e.